The maximum atomic E-state index is 12.3. The third-order valence-electron chi connectivity index (χ3n) is 3.27. The summed E-state index contributed by atoms with van der Waals surface area (Å²) in [4.78, 5) is 36.2. The Kier molecular flexibility index (Phi) is 8.62. The predicted molar refractivity (Wildman–Crippen MR) is 87.8 cm³/mol. The number of nitrogens with one attached hydrogen (secondary N) is 2. The van der Waals surface area contributed by atoms with Crippen molar-refractivity contribution in [2.24, 2.45) is 0 Å². The van der Waals surface area contributed by atoms with Gasteiger partial charge in [-0.25, -0.2) is 4.79 Å². The van der Waals surface area contributed by atoms with E-state index < -0.39 is 29.9 Å². The summed E-state index contributed by atoms with van der Waals surface area (Å²) in [6.45, 7) is 5.38. The van der Waals surface area contributed by atoms with Crippen molar-refractivity contribution in [3.8, 4) is 0 Å². The zero-order valence-electron chi connectivity index (χ0n) is 15.0. The summed E-state index contributed by atoms with van der Waals surface area (Å²) in [7, 11) is 1.40. The summed E-state index contributed by atoms with van der Waals surface area (Å²) in [5.74, 6) is -1.19. The number of amides is 2. The second-order valence-corrected chi connectivity index (χ2v) is 5.56. The normalized spacial score (nSPS) is 13.0. The maximum Gasteiger partial charge on any atom is 0.328 e. The van der Waals surface area contributed by atoms with Crippen LogP contribution in [0.3, 0.4) is 0 Å². The van der Waals surface area contributed by atoms with Crippen LogP contribution in [-0.2, 0) is 19.1 Å². The Balaban J connectivity index is 2.60. The van der Waals surface area contributed by atoms with E-state index in [1.54, 1.807) is 6.92 Å². The molecular formula is C16H25N3O6. The number of unbranched alkanes of at least 4 members (excludes halogenated alkanes) is 1. The van der Waals surface area contributed by atoms with Gasteiger partial charge in [-0.2, -0.15) is 0 Å². The lowest BCUT2D eigenvalue weighted by Crippen LogP contribution is -2.53. The number of nitrogens with zero attached hydrogens (tertiary/aromatic N) is 1. The van der Waals surface area contributed by atoms with Crippen LogP contribution >= 0.6 is 0 Å². The van der Waals surface area contributed by atoms with E-state index in [0.717, 1.165) is 12.8 Å². The molecule has 0 bridgehead atoms. The number of carbonyl (C=O) groups is 3. The molecule has 0 unspecified atom stereocenters. The van der Waals surface area contributed by atoms with Crippen molar-refractivity contribution in [3.63, 3.8) is 0 Å². The highest BCUT2D eigenvalue weighted by Crippen LogP contribution is 2.02. The Labute approximate surface area is 146 Å². The third kappa shape index (κ3) is 6.92. The third-order valence-corrected chi connectivity index (χ3v) is 3.27. The molecule has 0 aliphatic heterocycles. The smallest absolute Gasteiger partial charge is 0.328 e. The Morgan fingerprint density at radius 2 is 2.04 bits per heavy atom. The van der Waals surface area contributed by atoms with Gasteiger partial charge in [0.2, 0.25) is 5.91 Å². The monoisotopic (exact) mass is 355 g/mol. The van der Waals surface area contributed by atoms with Crippen LogP contribution in [0.1, 0.15) is 42.9 Å². The van der Waals surface area contributed by atoms with E-state index in [-0.39, 0.29) is 12.3 Å². The zero-order chi connectivity index (χ0) is 18.8. The molecule has 1 rings (SSSR count). The van der Waals surface area contributed by atoms with E-state index in [9.17, 15) is 14.4 Å². The number of ether oxygens (including phenoxy) is 2. The van der Waals surface area contributed by atoms with E-state index in [4.69, 9.17) is 14.0 Å². The minimum Gasteiger partial charge on any atom is -0.464 e. The molecule has 0 spiro atoms. The van der Waals surface area contributed by atoms with Crippen LogP contribution in [0, 0.1) is 6.92 Å². The quantitative estimate of drug-likeness (QED) is 0.465. The van der Waals surface area contributed by atoms with Crippen LogP contribution in [0.4, 0.5) is 0 Å². The molecular weight excluding hydrogens is 330 g/mol. The van der Waals surface area contributed by atoms with E-state index in [1.807, 2.05) is 6.92 Å². The Morgan fingerprint density at radius 3 is 2.60 bits per heavy atom. The minimum absolute atomic E-state index is 0.0541. The molecule has 2 N–H and O–H groups in total. The molecule has 2 atom stereocenters. The average molecular weight is 355 g/mol. The lowest BCUT2D eigenvalue weighted by atomic mass is 10.2. The van der Waals surface area contributed by atoms with Gasteiger partial charge in [-0.15, -0.1) is 0 Å². The van der Waals surface area contributed by atoms with Crippen molar-refractivity contribution in [1.29, 1.82) is 0 Å². The van der Waals surface area contributed by atoms with Crippen molar-refractivity contribution in [2.45, 2.75) is 45.7 Å². The van der Waals surface area contributed by atoms with Crippen molar-refractivity contribution in [2.75, 3.05) is 20.3 Å². The van der Waals surface area contributed by atoms with Crippen LogP contribution in [0.2, 0.25) is 0 Å². The first-order valence-corrected chi connectivity index (χ1v) is 8.09. The van der Waals surface area contributed by atoms with Crippen molar-refractivity contribution >= 4 is 17.8 Å². The van der Waals surface area contributed by atoms with E-state index in [0.29, 0.717) is 12.4 Å². The molecule has 0 aromatic carbocycles. The van der Waals surface area contributed by atoms with Gasteiger partial charge in [-0.05, 0) is 20.3 Å². The average Bonchev–Trinajstić information content (AvgIpc) is 3.01. The van der Waals surface area contributed by atoms with Crippen LogP contribution in [0.5, 0.6) is 0 Å². The molecule has 0 radical (unpaired) electrons. The molecule has 0 aliphatic rings. The van der Waals surface area contributed by atoms with Gasteiger partial charge < -0.3 is 24.6 Å². The minimum atomic E-state index is -0.986. The van der Waals surface area contributed by atoms with Gasteiger partial charge in [0.15, 0.2) is 5.69 Å². The molecule has 0 fully saturated rings. The number of aryl methyl sites for hydroxylation is 1. The standard InChI is InChI=1S/C16H25N3O6/c1-5-6-7-24-16(22)11(3)17-15(21)13(9-23-4)18-14(20)12-8-10(2)25-19-12/h8,11,13H,5-7,9H2,1-4H3,(H,17,21)(H,18,20)/t11-,13-/m0/s1. The first kappa shape index (κ1) is 20.6. The molecule has 1 aromatic heterocycles. The highest BCUT2D eigenvalue weighted by atomic mass is 16.5. The van der Waals surface area contributed by atoms with E-state index >= 15 is 0 Å². The molecule has 9 heteroatoms. The maximum absolute atomic E-state index is 12.3. The number of hydrogen-bond donors (Lipinski definition) is 2. The van der Waals surface area contributed by atoms with E-state index in [2.05, 4.69) is 15.8 Å². The summed E-state index contributed by atoms with van der Waals surface area (Å²) in [6, 6.07) is -0.375. The Hall–Kier alpha value is -2.42. The van der Waals surface area contributed by atoms with Crippen LogP contribution in [-0.4, -0.2) is 55.3 Å². The molecule has 140 valence electrons. The predicted octanol–water partition coefficient (Wildman–Crippen LogP) is 0.576. The van der Waals surface area contributed by atoms with Gasteiger partial charge in [-0.1, -0.05) is 18.5 Å². The van der Waals surface area contributed by atoms with Gasteiger partial charge in [-0.3, -0.25) is 9.59 Å². The van der Waals surface area contributed by atoms with Crippen molar-refractivity contribution in [3.05, 3.63) is 17.5 Å². The van der Waals surface area contributed by atoms with E-state index in [1.165, 1.54) is 20.1 Å². The number of carbonyl (C=O) groups excluding carboxylic acids is 3. The molecule has 0 saturated carbocycles. The Morgan fingerprint density at radius 1 is 1.32 bits per heavy atom. The molecule has 0 aliphatic carbocycles. The topological polar surface area (TPSA) is 120 Å². The summed E-state index contributed by atoms with van der Waals surface area (Å²) >= 11 is 0. The second kappa shape index (κ2) is 10.4. The fourth-order valence-electron chi connectivity index (χ4n) is 1.87. The second-order valence-electron chi connectivity index (χ2n) is 5.56. The molecule has 25 heavy (non-hydrogen) atoms. The van der Waals surface area contributed by atoms with Crippen molar-refractivity contribution in [1.82, 2.24) is 15.8 Å². The SMILES string of the molecule is CCCCOC(=O)[C@H](C)NC(=O)[C@H](COC)NC(=O)c1cc(C)on1. The molecule has 0 saturated heterocycles. The van der Waals surface area contributed by atoms with Crippen LogP contribution in [0.25, 0.3) is 0 Å². The highest BCUT2D eigenvalue weighted by Gasteiger charge is 2.26. The number of methoxy groups -OCH3 is 1. The highest BCUT2D eigenvalue weighted by molar-refractivity contribution is 5.96. The largest absolute Gasteiger partial charge is 0.464 e. The van der Waals surface area contributed by atoms with Gasteiger partial charge in [0.25, 0.3) is 5.91 Å². The summed E-state index contributed by atoms with van der Waals surface area (Å²) in [6.07, 6.45) is 1.66. The molecule has 1 heterocycles. The number of rotatable bonds is 10. The number of aromatic nitrogens is 1. The first-order valence-electron chi connectivity index (χ1n) is 8.09. The fraction of sp³-hybridized carbons (Fsp3) is 0.625. The lowest BCUT2D eigenvalue weighted by Gasteiger charge is -2.19. The number of esters is 1. The number of hydrogen-bond acceptors (Lipinski definition) is 7. The molecule has 1 aromatic rings. The van der Waals surface area contributed by atoms with Crippen molar-refractivity contribution < 1.29 is 28.4 Å². The van der Waals surface area contributed by atoms with Gasteiger partial charge in [0, 0.05) is 13.2 Å². The molecule has 9 nitrogen and oxygen atoms in total. The summed E-state index contributed by atoms with van der Waals surface area (Å²) in [5.41, 5.74) is 0.0541. The first-order chi connectivity index (χ1) is 11.9. The van der Waals surface area contributed by atoms with Gasteiger partial charge >= 0.3 is 5.97 Å². The van der Waals surface area contributed by atoms with Gasteiger partial charge in [0.1, 0.15) is 17.8 Å². The fourth-order valence-corrected chi connectivity index (χ4v) is 1.87. The summed E-state index contributed by atoms with van der Waals surface area (Å²) in [5, 5.41) is 8.58. The Bertz CT molecular complexity index is 586. The lowest BCUT2D eigenvalue weighted by molar-refractivity contribution is -0.147. The zero-order valence-corrected chi connectivity index (χ0v) is 15.0. The van der Waals surface area contributed by atoms with Crippen LogP contribution in [0.15, 0.2) is 10.6 Å². The molecule has 2 amide bonds. The van der Waals surface area contributed by atoms with Gasteiger partial charge in [0.05, 0.1) is 13.2 Å². The van der Waals surface area contributed by atoms with Crippen LogP contribution < -0.4 is 10.6 Å². The summed E-state index contributed by atoms with van der Waals surface area (Å²) < 4.78 is 14.8.